The molecule has 0 aromatic carbocycles. The van der Waals surface area contributed by atoms with Gasteiger partial charge in [-0.15, -0.1) is 11.3 Å². The lowest BCUT2D eigenvalue weighted by molar-refractivity contribution is 0.0971. The Labute approximate surface area is 136 Å². The van der Waals surface area contributed by atoms with Gasteiger partial charge >= 0.3 is 0 Å². The molecule has 2 rings (SSSR count). The summed E-state index contributed by atoms with van der Waals surface area (Å²) in [7, 11) is 0. The standard InChI is InChI=1S/C11H7Cl2IN2O2S/c1-5-9(14)11(18)16(4-15-5)3-7(17)6-2-8(12)19-10(6)13/h2,4H,3H2,1H3. The van der Waals surface area contributed by atoms with E-state index in [1.54, 1.807) is 6.92 Å². The van der Waals surface area contributed by atoms with Crippen molar-refractivity contribution in [2.75, 3.05) is 0 Å². The van der Waals surface area contributed by atoms with Crippen molar-refractivity contribution in [3.63, 3.8) is 0 Å². The molecule has 0 amide bonds. The highest BCUT2D eigenvalue weighted by Gasteiger charge is 2.16. The largest absolute Gasteiger partial charge is 0.292 e. The maximum absolute atomic E-state index is 12.1. The molecule has 2 aromatic heterocycles. The van der Waals surface area contributed by atoms with Gasteiger partial charge in [0, 0.05) is 0 Å². The van der Waals surface area contributed by atoms with Gasteiger partial charge in [-0.2, -0.15) is 0 Å². The number of nitrogens with zero attached hydrogens (tertiary/aromatic N) is 2. The first-order valence-corrected chi connectivity index (χ1v) is 7.75. The molecule has 2 heterocycles. The zero-order valence-corrected chi connectivity index (χ0v) is 14.1. The van der Waals surface area contributed by atoms with Crippen LogP contribution in [0.1, 0.15) is 16.1 Å². The number of Topliss-reactive ketones (excluding diaryl/α,β-unsaturated/α-hetero) is 1. The molecule has 0 unspecified atom stereocenters. The number of ketones is 1. The second kappa shape index (κ2) is 5.90. The van der Waals surface area contributed by atoms with E-state index in [0.29, 0.717) is 23.5 Å². The van der Waals surface area contributed by atoms with Crippen molar-refractivity contribution >= 4 is 62.9 Å². The minimum Gasteiger partial charge on any atom is -0.292 e. The molecule has 0 aliphatic heterocycles. The summed E-state index contributed by atoms with van der Waals surface area (Å²) in [6.07, 6.45) is 1.36. The van der Waals surface area contributed by atoms with Gasteiger partial charge in [0.15, 0.2) is 5.78 Å². The summed E-state index contributed by atoms with van der Waals surface area (Å²) in [5, 5.41) is 0. The summed E-state index contributed by atoms with van der Waals surface area (Å²) in [6.45, 7) is 1.64. The van der Waals surface area contributed by atoms with Gasteiger partial charge in [-0.25, -0.2) is 4.98 Å². The van der Waals surface area contributed by atoms with Crippen LogP contribution < -0.4 is 5.56 Å². The third kappa shape index (κ3) is 3.18. The van der Waals surface area contributed by atoms with Crippen LogP contribution in [-0.2, 0) is 6.54 Å². The number of carbonyl (C=O) groups is 1. The van der Waals surface area contributed by atoms with Crippen LogP contribution in [0, 0.1) is 10.5 Å². The predicted molar refractivity (Wildman–Crippen MR) is 84.6 cm³/mol. The Hall–Kier alpha value is -0.440. The third-order valence-electron chi connectivity index (χ3n) is 2.43. The van der Waals surface area contributed by atoms with Gasteiger partial charge in [-0.1, -0.05) is 23.2 Å². The van der Waals surface area contributed by atoms with Crippen LogP contribution >= 0.6 is 57.1 Å². The highest BCUT2D eigenvalue weighted by atomic mass is 127. The Bertz CT molecular complexity index is 711. The molecule has 0 bridgehead atoms. The number of carbonyl (C=O) groups excluding carboxylic acids is 1. The van der Waals surface area contributed by atoms with Gasteiger partial charge in [-0.05, 0) is 35.6 Å². The number of hydrogen-bond donors (Lipinski definition) is 0. The van der Waals surface area contributed by atoms with E-state index in [1.807, 2.05) is 22.6 Å². The van der Waals surface area contributed by atoms with Crippen molar-refractivity contribution in [1.82, 2.24) is 9.55 Å². The fourth-order valence-electron chi connectivity index (χ4n) is 1.43. The van der Waals surface area contributed by atoms with Crippen molar-refractivity contribution in [3.8, 4) is 0 Å². The molecule has 0 saturated heterocycles. The average Bonchev–Trinajstić information content (AvgIpc) is 2.69. The third-order valence-corrected chi connectivity index (χ3v) is 5.16. The Kier molecular flexibility index (Phi) is 4.65. The van der Waals surface area contributed by atoms with E-state index >= 15 is 0 Å². The maximum Gasteiger partial charge on any atom is 0.267 e. The molecule has 2 aromatic rings. The second-order valence-corrected chi connectivity index (χ2v) is 7.10. The number of hydrogen-bond acceptors (Lipinski definition) is 4. The number of aromatic nitrogens is 2. The SMILES string of the molecule is Cc1ncn(CC(=O)c2cc(Cl)sc2Cl)c(=O)c1I. The first-order chi connectivity index (χ1) is 8.90. The number of aryl methyl sites for hydroxylation is 1. The lowest BCUT2D eigenvalue weighted by Crippen LogP contribution is -2.27. The summed E-state index contributed by atoms with van der Waals surface area (Å²) in [4.78, 5) is 28.1. The van der Waals surface area contributed by atoms with Crippen molar-refractivity contribution in [3.05, 3.63) is 46.2 Å². The summed E-state index contributed by atoms with van der Waals surface area (Å²) in [5.41, 5.74) is 0.740. The van der Waals surface area contributed by atoms with Crippen molar-refractivity contribution in [2.45, 2.75) is 13.5 Å². The van der Waals surface area contributed by atoms with E-state index in [2.05, 4.69) is 4.98 Å². The van der Waals surface area contributed by atoms with E-state index in [1.165, 1.54) is 17.0 Å². The summed E-state index contributed by atoms with van der Waals surface area (Å²) < 4.78 is 2.54. The molecular weight excluding hydrogens is 422 g/mol. The highest BCUT2D eigenvalue weighted by Crippen LogP contribution is 2.31. The minimum absolute atomic E-state index is 0.102. The smallest absolute Gasteiger partial charge is 0.267 e. The van der Waals surface area contributed by atoms with E-state index in [4.69, 9.17) is 23.2 Å². The van der Waals surface area contributed by atoms with Gasteiger partial charge in [0.1, 0.15) is 4.34 Å². The lowest BCUT2D eigenvalue weighted by atomic mass is 10.2. The molecule has 0 saturated carbocycles. The second-order valence-electron chi connectivity index (χ2n) is 3.74. The minimum atomic E-state index is -0.267. The topological polar surface area (TPSA) is 52.0 Å². The monoisotopic (exact) mass is 428 g/mol. The molecule has 4 nitrogen and oxygen atoms in total. The molecule has 100 valence electrons. The van der Waals surface area contributed by atoms with Crippen molar-refractivity contribution in [1.29, 1.82) is 0 Å². The van der Waals surface area contributed by atoms with Crippen molar-refractivity contribution < 1.29 is 4.79 Å². The normalized spacial score (nSPS) is 10.7. The van der Waals surface area contributed by atoms with Gasteiger partial charge in [0.2, 0.25) is 0 Å². The molecule has 19 heavy (non-hydrogen) atoms. The number of rotatable bonds is 3. The van der Waals surface area contributed by atoms with Gasteiger partial charge in [-0.3, -0.25) is 14.2 Å². The summed E-state index contributed by atoms with van der Waals surface area (Å²) in [6, 6.07) is 1.51. The zero-order chi connectivity index (χ0) is 14.2. The Balaban J connectivity index is 2.32. The van der Waals surface area contributed by atoms with Gasteiger partial charge < -0.3 is 0 Å². The molecule has 0 spiro atoms. The molecule has 0 aliphatic carbocycles. The van der Waals surface area contributed by atoms with Crippen LogP contribution in [-0.4, -0.2) is 15.3 Å². The molecule has 8 heteroatoms. The molecule has 0 atom stereocenters. The summed E-state index contributed by atoms with van der Waals surface area (Å²) >= 11 is 14.7. The molecule has 0 radical (unpaired) electrons. The first-order valence-electron chi connectivity index (χ1n) is 5.09. The first kappa shape index (κ1) is 15.0. The molecule has 0 N–H and O–H groups in total. The summed E-state index contributed by atoms with van der Waals surface area (Å²) in [5.74, 6) is -0.267. The zero-order valence-electron chi connectivity index (χ0n) is 9.61. The number of thiophene rings is 1. The van der Waals surface area contributed by atoms with Gasteiger partial charge in [0.05, 0.1) is 32.0 Å². The molecular formula is C11H7Cl2IN2O2S. The van der Waals surface area contributed by atoms with Crippen LogP contribution in [0.2, 0.25) is 8.67 Å². The lowest BCUT2D eigenvalue weighted by Gasteiger charge is -2.05. The van der Waals surface area contributed by atoms with E-state index < -0.39 is 0 Å². The van der Waals surface area contributed by atoms with E-state index in [9.17, 15) is 9.59 Å². The molecule has 0 fully saturated rings. The van der Waals surface area contributed by atoms with Crippen LogP contribution in [0.3, 0.4) is 0 Å². The van der Waals surface area contributed by atoms with Crippen LogP contribution in [0.4, 0.5) is 0 Å². The van der Waals surface area contributed by atoms with Crippen LogP contribution in [0.5, 0.6) is 0 Å². The highest BCUT2D eigenvalue weighted by molar-refractivity contribution is 14.1. The van der Waals surface area contributed by atoms with Gasteiger partial charge in [0.25, 0.3) is 5.56 Å². The van der Waals surface area contributed by atoms with Crippen molar-refractivity contribution in [2.24, 2.45) is 0 Å². The Morgan fingerprint density at radius 1 is 1.53 bits per heavy atom. The predicted octanol–water partition coefficient (Wildman–Crippen LogP) is 3.41. The van der Waals surface area contributed by atoms with E-state index in [-0.39, 0.29) is 17.9 Å². The maximum atomic E-state index is 12.1. The number of halogens is 3. The van der Waals surface area contributed by atoms with Crippen LogP contribution in [0.25, 0.3) is 0 Å². The quantitative estimate of drug-likeness (QED) is 0.556. The fourth-order valence-corrected chi connectivity index (χ4v) is 3.38. The van der Waals surface area contributed by atoms with E-state index in [0.717, 1.165) is 11.3 Å². The molecule has 0 aliphatic rings. The Morgan fingerprint density at radius 2 is 2.21 bits per heavy atom. The fraction of sp³-hybridized carbons (Fsp3) is 0.182. The average molecular weight is 429 g/mol. The van der Waals surface area contributed by atoms with Crippen LogP contribution in [0.15, 0.2) is 17.2 Å². The Morgan fingerprint density at radius 3 is 2.79 bits per heavy atom.